The molecule has 1 N–H and O–H groups in total. The third-order valence-corrected chi connectivity index (χ3v) is 2.86. The molecule has 1 heterocycles. The molecule has 0 spiro atoms. The molecule has 0 atom stereocenters. The Hall–Kier alpha value is -1.81. The number of carbonyl (C=O) groups excluding carboxylic acids is 1. The first-order valence-corrected chi connectivity index (χ1v) is 6.09. The molecule has 1 fully saturated rings. The number of urea groups is 1. The Balaban J connectivity index is 1.64. The molecule has 1 aliphatic heterocycles. The molecule has 0 aliphatic carbocycles. The van der Waals surface area contributed by atoms with E-state index in [1.807, 2.05) is 30.3 Å². The van der Waals surface area contributed by atoms with E-state index in [2.05, 4.69) is 11.9 Å². The normalized spacial score (nSPS) is 15.0. The fourth-order valence-corrected chi connectivity index (χ4v) is 1.77. The van der Waals surface area contributed by atoms with E-state index in [0.29, 0.717) is 26.2 Å². The highest BCUT2D eigenvalue weighted by molar-refractivity contribution is 5.75. The Morgan fingerprint density at radius 2 is 2.17 bits per heavy atom. The van der Waals surface area contributed by atoms with Gasteiger partial charge in [-0.05, 0) is 5.56 Å². The molecule has 0 aromatic heterocycles. The monoisotopic (exact) mass is 246 g/mol. The zero-order chi connectivity index (χ0) is 12.8. The maximum atomic E-state index is 11.5. The van der Waals surface area contributed by atoms with Gasteiger partial charge in [-0.15, -0.1) is 6.58 Å². The minimum Gasteiger partial charge on any atom is -0.370 e. The summed E-state index contributed by atoms with van der Waals surface area (Å²) in [7, 11) is 0. The van der Waals surface area contributed by atoms with Crippen molar-refractivity contribution < 1.29 is 9.53 Å². The number of amides is 2. The Kier molecular flexibility index (Phi) is 4.36. The maximum absolute atomic E-state index is 11.5. The Bertz CT molecular complexity index is 400. The number of carbonyl (C=O) groups is 1. The summed E-state index contributed by atoms with van der Waals surface area (Å²) >= 11 is 0. The number of nitrogens with zero attached hydrogens (tertiary/aromatic N) is 1. The molecular weight excluding hydrogens is 228 g/mol. The smallest absolute Gasteiger partial charge is 0.317 e. The van der Waals surface area contributed by atoms with Crippen molar-refractivity contribution in [3.8, 4) is 0 Å². The summed E-state index contributed by atoms with van der Waals surface area (Å²) in [4.78, 5) is 13.3. The van der Waals surface area contributed by atoms with Crippen LogP contribution in [0.2, 0.25) is 0 Å². The van der Waals surface area contributed by atoms with Gasteiger partial charge in [-0.3, -0.25) is 0 Å². The summed E-state index contributed by atoms with van der Waals surface area (Å²) in [6.07, 6.45) is 1.82. The number of benzene rings is 1. The van der Waals surface area contributed by atoms with Crippen molar-refractivity contribution in [2.75, 3.05) is 19.6 Å². The van der Waals surface area contributed by atoms with Gasteiger partial charge in [-0.25, -0.2) is 4.79 Å². The van der Waals surface area contributed by atoms with E-state index in [0.717, 1.165) is 5.56 Å². The number of ether oxygens (including phenoxy) is 1. The summed E-state index contributed by atoms with van der Waals surface area (Å²) in [5.41, 5.74) is 1.16. The van der Waals surface area contributed by atoms with Crippen molar-refractivity contribution >= 4 is 6.03 Å². The van der Waals surface area contributed by atoms with Crippen molar-refractivity contribution in [1.82, 2.24) is 10.2 Å². The molecule has 1 saturated heterocycles. The lowest BCUT2D eigenvalue weighted by Gasteiger charge is -2.38. The zero-order valence-electron chi connectivity index (χ0n) is 10.3. The second-order valence-electron chi connectivity index (χ2n) is 4.30. The number of likely N-dealkylation sites (tertiary alicyclic amines) is 1. The van der Waals surface area contributed by atoms with Crippen LogP contribution >= 0.6 is 0 Å². The first-order chi connectivity index (χ1) is 8.79. The molecule has 0 bridgehead atoms. The van der Waals surface area contributed by atoms with Gasteiger partial charge in [-0.1, -0.05) is 36.4 Å². The van der Waals surface area contributed by atoms with Crippen molar-refractivity contribution in [2.45, 2.75) is 12.7 Å². The lowest BCUT2D eigenvalue weighted by Crippen LogP contribution is -2.57. The molecule has 4 heteroatoms. The SMILES string of the molecule is C=CCNC(=O)N1CC(OCc2ccccc2)C1. The van der Waals surface area contributed by atoms with Crippen molar-refractivity contribution in [3.63, 3.8) is 0 Å². The second-order valence-corrected chi connectivity index (χ2v) is 4.30. The van der Waals surface area contributed by atoms with E-state index in [-0.39, 0.29) is 12.1 Å². The molecule has 0 radical (unpaired) electrons. The summed E-state index contributed by atoms with van der Waals surface area (Å²) in [5.74, 6) is 0. The fraction of sp³-hybridized carbons (Fsp3) is 0.357. The van der Waals surface area contributed by atoms with Crippen LogP contribution in [0, 0.1) is 0 Å². The minimum atomic E-state index is -0.0468. The molecule has 96 valence electrons. The lowest BCUT2D eigenvalue weighted by molar-refractivity contribution is -0.0440. The second kappa shape index (κ2) is 6.21. The standard InChI is InChI=1S/C14H18N2O2/c1-2-8-15-14(17)16-9-13(10-16)18-11-12-6-4-3-5-7-12/h2-7,13H,1,8-11H2,(H,15,17). The highest BCUT2D eigenvalue weighted by Crippen LogP contribution is 2.13. The average Bonchev–Trinajstić information content (AvgIpc) is 2.35. The molecule has 18 heavy (non-hydrogen) atoms. The van der Waals surface area contributed by atoms with Crippen molar-refractivity contribution in [2.24, 2.45) is 0 Å². The Morgan fingerprint density at radius 1 is 1.44 bits per heavy atom. The maximum Gasteiger partial charge on any atom is 0.317 e. The first kappa shape index (κ1) is 12.6. The molecular formula is C14H18N2O2. The van der Waals surface area contributed by atoms with E-state index in [4.69, 9.17) is 4.74 Å². The van der Waals surface area contributed by atoms with Crippen LogP contribution in [0.4, 0.5) is 4.79 Å². The van der Waals surface area contributed by atoms with Gasteiger partial charge < -0.3 is 15.0 Å². The van der Waals surface area contributed by atoms with E-state index in [9.17, 15) is 4.79 Å². The van der Waals surface area contributed by atoms with E-state index in [1.54, 1.807) is 11.0 Å². The molecule has 2 amide bonds. The summed E-state index contributed by atoms with van der Waals surface area (Å²) in [5, 5.41) is 2.74. The van der Waals surface area contributed by atoms with Crippen LogP contribution < -0.4 is 5.32 Å². The van der Waals surface area contributed by atoms with Crippen molar-refractivity contribution in [1.29, 1.82) is 0 Å². The largest absolute Gasteiger partial charge is 0.370 e. The highest BCUT2D eigenvalue weighted by atomic mass is 16.5. The van der Waals surface area contributed by atoms with Crippen LogP contribution in [0.15, 0.2) is 43.0 Å². The quantitative estimate of drug-likeness (QED) is 0.805. The third-order valence-electron chi connectivity index (χ3n) is 2.86. The highest BCUT2D eigenvalue weighted by Gasteiger charge is 2.30. The third kappa shape index (κ3) is 3.34. The molecule has 1 aromatic rings. The van der Waals surface area contributed by atoms with E-state index >= 15 is 0 Å². The van der Waals surface area contributed by atoms with Crippen molar-refractivity contribution in [3.05, 3.63) is 48.6 Å². The number of hydrogen-bond acceptors (Lipinski definition) is 2. The molecule has 1 aliphatic rings. The molecule has 0 unspecified atom stereocenters. The Labute approximate surface area is 107 Å². The number of nitrogens with one attached hydrogen (secondary N) is 1. The van der Waals surface area contributed by atoms with Gasteiger partial charge in [0.25, 0.3) is 0 Å². The van der Waals surface area contributed by atoms with Crippen LogP contribution in [0.3, 0.4) is 0 Å². The predicted molar refractivity (Wildman–Crippen MR) is 70.2 cm³/mol. The van der Waals surface area contributed by atoms with E-state index in [1.165, 1.54) is 0 Å². The minimum absolute atomic E-state index is 0.0468. The van der Waals surface area contributed by atoms with Crippen LogP contribution in [0.5, 0.6) is 0 Å². The predicted octanol–water partition coefficient (Wildman–Crippen LogP) is 1.78. The number of rotatable bonds is 5. The van der Waals surface area contributed by atoms with Crippen LogP contribution in [-0.2, 0) is 11.3 Å². The van der Waals surface area contributed by atoms with Gasteiger partial charge in [0.2, 0.25) is 0 Å². The van der Waals surface area contributed by atoms with Crippen LogP contribution in [0.1, 0.15) is 5.56 Å². The van der Waals surface area contributed by atoms with Gasteiger partial charge in [0, 0.05) is 6.54 Å². The van der Waals surface area contributed by atoms with Gasteiger partial charge in [0.15, 0.2) is 0 Å². The summed E-state index contributed by atoms with van der Waals surface area (Å²) < 4.78 is 5.71. The van der Waals surface area contributed by atoms with Gasteiger partial charge in [0.1, 0.15) is 0 Å². The van der Waals surface area contributed by atoms with Gasteiger partial charge >= 0.3 is 6.03 Å². The summed E-state index contributed by atoms with van der Waals surface area (Å²) in [6.45, 7) is 5.99. The van der Waals surface area contributed by atoms with Gasteiger partial charge in [-0.2, -0.15) is 0 Å². The summed E-state index contributed by atoms with van der Waals surface area (Å²) in [6, 6.07) is 10.00. The number of hydrogen-bond donors (Lipinski definition) is 1. The molecule has 2 rings (SSSR count). The van der Waals surface area contributed by atoms with Crippen LogP contribution in [0.25, 0.3) is 0 Å². The Morgan fingerprint density at radius 3 is 2.83 bits per heavy atom. The van der Waals surface area contributed by atoms with Crippen LogP contribution in [-0.4, -0.2) is 36.7 Å². The molecule has 4 nitrogen and oxygen atoms in total. The topological polar surface area (TPSA) is 41.6 Å². The molecule has 0 saturated carbocycles. The molecule has 1 aromatic carbocycles. The van der Waals surface area contributed by atoms with Gasteiger partial charge in [0.05, 0.1) is 25.8 Å². The zero-order valence-corrected chi connectivity index (χ0v) is 10.3. The fourth-order valence-electron chi connectivity index (χ4n) is 1.77. The van der Waals surface area contributed by atoms with E-state index < -0.39 is 0 Å². The average molecular weight is 246 g/mol. The first-order valence-electron chi connectivity index (χ1n) is 6.09. The lowest BCUT2D eigenvalue weighted by atomic mass is 10.2.